The van der Waals surface area contributed by atoms with Gasteiger partial charge in [-0.25, -0.2) is 0 Å². The molecule has 0 aromatic rings. The Kier molecular flexibility index (Phi) is 6.26. The summed E-state index contributed by atoms with van der Waals surface area (Å²) in [6.07, 6.45) is 2.31. The Bertz CT molecular complexity index is 28.9. The molecule has 0 fully saturated rings. The van der Waals surface area contributed by atoms with Crippen LogP contribution in [0.15, 0.2) is 0 Å². The van der Waals surface area contributed by atoms with E-state index < -0.39 is 0 Å². The van der Waals surface area contributed by atoms with Gasteiger partial charge < -0.3 is 11.1 Å². The first-order valence-corrected chi connectivity index (χ1v) is 4.24. The monoisotopic (exact) mass is 118 g/mol. The topological polar surface area (TPSA) is 38.0 Å². The maximum absolute atomic E-state index is 5.24. The molecule has 0 aliphatic carbocycles. The Morgan fingerprint density at radius 1 is 1.57 bits per heavy atom. The smallest absolute Gasteiger partial charge is 0.0201 e. The average molecular weight is 118 g/mol. The molecular weight excluding hydrogens is 104 g/mol. The SMILES string of the molecule is NCCCNC[SiH3]. The highest BCUT2D eigenvalue weighted by atomic mass is 28.1. The van der Waals surface area contributed by atoms with Crippen LogP contribution < -0.4 is 11.1 Å². The van der Waals surface area contributed by atoms with Gasteiger partial charge in [0, 0.05) is 10.2 Å². The Labute approximate surface area is 47.9 Å². The number of rotatable bonds is 4. The summed E-state index contributed by atoms with van der Waals surface area (Å²) < 4.78 is 0. The lowest BCUT2D eigenvalue weighted by Gasteiger charge is -1.95. The van der Waals surface area contributed by atoms with E-state index in [2.05, 4.69) is 5.32 Å². The summed E-state index contributed by atoms with van der Waals surface area (Å²) in [6, 6.07) is 0. The van der Waals surface area contributed by atoms with E-state index in [4.69, 9.17) is 5.73 Å². The van der Waals surface area contributed by atoms with E-state index in [1.165, 1.54) is 16.4 Å². The van der Waals surface area contributed by atoms with Crippen LogP contribution in [0.5, 0.6) is 0 Å². The van der Waals surface area contributed by atoms with Gasteiger partial charge in [0.15, 0.2) is 0 Å². The van der Waals surface area contributed by atoms with Gasteiger partial charge in [0.2, 0.25) is 0 Å². The molecule has 0 aliphatic heterocycles. The van der Waals surface area contributed by atoms with Crippen molar-refractivity contribution in [1.82, 2.24) is 5.32 Å². The van der Waals surface area contributed by atoms with Crippen molar-refractivity contribution in [3.63, 3.8) is 0 Å². The molecule has 0 aliphatic rings. The molecule has 0 rings (SSSR count). The molecule has 0 aromatic carbocycles. The van der Waals surface area contributed by atoms with Crippen molar-refractivity contribution in [3.05, 3.63) is 0 Å². The molecule has 0 saturated carbocycles. The highest BCUT2D eigenvalue weighted by molar-refractivity contribution is 6.08. The summed E-state index contributed by atoms with van der Waals surface area (Å²) in [5.74, 6) is 0. The first kappa shape index (κ1) is 7.14. The third-order valence-corrected chi connectivity index (χ3v) is 1.31. The maximum Gasteiger partial charge on any atom is 0.0201 e. The lowest BCUT2D eigenvalue weighted by atomic mass is 10.4. The van der Waals surface area contributed by atoms with Crippen LogP contribution in [-0.4, -0.2) is 29.5 Å². The zero-order chi connectivity index (χ0) is 5.54. The summed E-state index contributed by atoms with van der Waals surface area (Å²) in [6.45, 7) is 1.91. The first-order chi connectivity index (χ1) is 3.41. The van der Waals surface area contributed by atoms with Gasteiger partial charge >= 0.3 is 0 Å². The molecule has 0 amide bonds. The highest BCUT2D eigenvalue weighted by Crippen LogP contribution is 1.64. The van der Waals surface area contributed by atoms with E-state index in [0.29, 0.717) is 0 Å². The molecule has 3 N–H and O–H groups in total. The van der Waals surface area contributed by atoms with Crippen molar-refractivity contribution in [2.75, 3.05) is 19.3 Å². The molecule has 44 valence electrons. The van der Waals surface area contributed by atoms with Gasteiger partial charge in [-0.05, 0) is 25.7 Å². The van der Waals surface area contributed by atoms with E-state index in [9.17, 15) is 0 Å². The lowest BCUT2D eigenvalue weighted by Crippen LogP contribution is -2.18. The predicted octanol–water partition coefficient (Wildman–Crippen LogP) is -1.75. The molecule has 0 aromatic heterocycles. The molecule has 7 heavy (non-hydrogen) atoms. The minimum Gasteiger partial charge on any atom is -0.330 e. The summed E-state index contributed by atoms with van der Waals surface area (Å²) in [7, 11) is 1.25. The van der Waals surface area contributed by atoms with Crippen molar-refractivity contribution >= 4 is 10.2 Å². The summed E-state index contributed by atoms with van der Waals surface area (Å²) in [5.41, 5.74) is 5.24. The molecule has 0 spiro atoms. The van der Waals surface area contributed by atoms with Gasteiger partial charge in [-0.3, -0.25) is 0 Å². The van der Waals surface area contributed by atoms with Crippen LogP contribution in [0.3, 0.4) is 0 Å². The van der Waals surface area contributed by atoms with E-state index in [1.54, 1.807) is 0 Å². The lowest BCUT2D eigenvalue weighted by molar-refractivity contribution is 0.718. The van der Waals surface area contributed by atoms with Crippen LogP contribution in [0.1, 0.15) is 6.42 Å². The quantitative estimate of drug-likeness (QED) is 0.339. The van der Waals surface area contributed by atoms with E-state index >= 15 is 0 Å². The minimum absolute atomic E-state index is 0.814. The minimum atomic E-state index is 0.814. The molecule has 0 atom stereocenters. The Balaban J connectivity index is 2.45. The Morgan fingerprint density at radius 2 is 2.29 bits per heavy atom. The number of hydrogen-bond donors (Lipinski definition) is 2. The van der Waals surface area contributed by atoms with Crippen LogP contribution in [0.2, 0.25) is 0 Å². The zero-order valence-corrected chi connectivity index (χ0v) is 6.91. The molecule has 0 heterocycles. The second-order valence-corrected chi connectivity index (χ2v) is 2.20. The van der Waals surface area contributed by atoms with Crippen LogP contribution in [0.25, 0.3) is 0 Å². The molecule has 0 radical (unpaired) electrons. The Hall–Kier alpha value is 0.137. The van der Waals surface area contributed by atoms with Crippen LogP contribution in [0, 0.1) is 0 Å². The summed E-state index contributed by atoms with van der Waals surface area (Å²) >= 11 is 0. The van der Waals surface area contributed by atoms with Crippen molar-refractivity contribution in [3.8, 4) is 0 Å². The molecular formula is C4H14N2Si. The number of nitrogens with two attached hydrogens (primary N) is 1. The van der Waals surface area contributed by atoms with Gasteiger partial charge in [-0.15, -0.1) is 0 Å². The van der Waals surface area contributed by atoms with E-state index in [1.807, 2.05) is 0 Å². The van der Waals surface area contributed by atoms with Gasteiger partial charge in [0.25, 0.3) is 0 Å². The van der Waals surface area contributed by atoms with Crippen molar-refractivity contribution in [2.24, 2.45) is 5.73 Å². The number of nitrogens with one attached hydrogen (secondary N) is 1. The average Bonchev–Trinajstić information content (AvgIpc) is 1.69. The van der Waals surface area contributed by atoms with E-state index in [-0.39, 0.29) is 0 Å². The number of hydrogen-bond acceptors (Lipinski definition) is 2. The normalized spacial score (nSPS) is 9.86. The molecule has 0 unspecified atom stereocenters. The third-order valence-electron chi connectivity index (χ3n) is 0.808. The first-order valence-electron chi connectivity index (χ1n) is 2.82. The molecule has 2 nitrogen and oxygen atoms in total. The predicted molar refractivity (Wildman–Crippen MR) is 36.5 cm³/mol. The van der Waals surface area contributed by atoms with Crippen molar-refractivity contribution in [1.29, 1.82) is 0 Å². The van der Waals surface area contributed by atoms with Crippen LogP contribution >= 0.6 is 0 Å². The maximum atomic E-state index is 5.24. The fourth-order valence-electron chi connectivity index (χ4n) is 0.404. The van der Waals surface area contributed by atoms with Crippen LogP contribution in [0.4, 0.5) is 0 Å². The second-order valence-electron chi connectivity index (χ2n) is 1.50. The zero-order valence-electron chi connectivity index (χ0n) is 4.91. The van der Waals surface area contributed by atoms with Crippen molar-refractivity contribution in [2.45, 2.75) is 6.42 Å². The van der Waals surface area contributed by atoms with Gasteiger partial charge in [0.1, 0.15) is 0 Å². The van der Waals surface area contributed by atoms with Gasteiger partial charge in [-0.2, -0.15) is 0 Å². The van der Waals surface area contributed by atoms with Gasteiger partial charge in [-0.1, -0.05) is 0 Å². The fourth-order valence-corrected chi connectivity index (χ4v) is 0.757. The van der Waals surface area contributed by atoms with Crippen molar-refractivity contribution < 1.29 is 0 Å². The van der Waals surface area contributed by atoms with Crippen LogP contribution in [-0.2, 0) is 0 Å². The Morgan fingerprint density at radius 3 is 2.71 bits per heavy atom. The third kappa shape index (κ3) is 6.14. The molecule has 0 saturated heterocycles. The standard InChI is InChI=1S/C4H14N2Si/c5-2-1-3-6-4-7/h6H,1-5H2,7H3. The molecule has 0 bridgehead atoms. The summed E-state index contributed by atoms with van der Waals surface area (Å²) in [5, 5.41) is 3.23. The largest absolute Gasteiger partial charge is 0.330 e. The van der Waals surface area contributed by atoms with Gasteiger partial charge in [0.05, 0.1) is 0 Å². The summed E-state index contributed by atoms with van der Waals surface area (Å²) in [4.78, 5) is 0. The van der Waals surface area contributed by atoms with E-state index in [0.717, 1.165) is 19.5 Å². The second kappa shape index (κ2) is 6.14. The fraction of sp³-hybridized carbons (Fsp3) is 1.00. The molecule has 3 heteroatoms. The highest BCUT2D eigenvalue weighted by Gasteiger charge is 1.77.